The maximum atomic E-state index is 12.8. The van der Waals surface area contributed by atoms with Crippen LogP contribution in [0.4, 0.5) is 0 Å². The minimum absolute atomic E-state index is 0.0367. The van der Waals surface area contributed by atoms with Gasteiger partial charge in [-0.25, -0.2) is 0 Å². The molecule has 0 aliphatic rings. The predicted octanol–water partition coefficient (Wildman–Crippen LogP) is 5.11. The molecule has 0 radical (unpaired) electrons. The number of ketones is 1. The number of nitrogens with one attached hydrogen (secondary N) is 1. The van der Waals surface area contributed by atoms with E-state index in [1.54, 1.807) is 18.3 Å². The van der Waals surface area contributed by atoms with Crippen LogP contribution in [0.2, 0.25) is 0 Å². The Kier molecular flexibility index (Phi) is 6.45. The summed E-state index contributed by atoms with van der Waals surface area (Å²) >= 11 is 6.42. The van der Waals surface area contributed by atoms with Gasteiger partial charge in [0.2, 0.25) is 11.5 Å². The quantitative estimate of drug-likeness (QED) is 0.247. The van der Waals surface area contributed by atoms with Gasteiger partial charge >= 0.3 is 0 Å². The second kappa shape index (κ2) is 9.21. The number of carbonyl (C=O) groups excluding carboxylic acids is 1. The van der Waals surface area contributed by atoms with E-state index in [-0.39, 0.29) is 11.4 Å². The van der Waals surface area contributed by atoms with Crippen LogP contribution < -0.4 is 14.2 Å². The number of halogens is 1. The van der Waals surface area contributed by atoms with E-state index in [0.717, 1.165) is 10.9 Å². The Hall–Kier alpha value is -3.69. The zero-order valence-corrected chi connectivity index (χ0v) is 17.4. The van der Waals surface area contributed by atoms with E-state index in [1.807, 2.05) is 30.3 Å². The minimum atomic E-state index is -0.388. The third-order valence-electron chi connectivity index (χ3n) is 4.54. The fourth-order valence-electron chi connectivity index (χ4n) is 3.04. The van der Waals surface area contributed by atoms with Gasteiger partial charge in [-0.2, -0.15) is 5.26 Å². The van der Waals surface area contributed by atoms with Gasteiger partial charge in [0, 0.05) is 33.3 Å². The van der Waals surface area contributed by atoms with Gasteiger partial charge in [0.15, 0.2) is 11.5 Å². The average molecular weight is 423 g/mol. The van der Waals surface area contributed by atoms with Gasteiger partial charge in [0.25, 0.3) is 0 Å². The van der Waals surface area contributed by atoms with Crippen molar-refractivity contribution < 1.29 is 19.0 Å². The van der Waals surface area contributed by atoms with Crippen molar-refractivity contribution >= 4 is 33.3 Å². The SMILES string of the molecule is COc1cc(/C(Cl)=C/C=C(\C#N)C(=O)c2c[nH]c3ccccc23)cc(OC)c1OC. The molecule has 0 saturated carbocycles. The molecule has 1 aromatic heterocycles. The summed E-state index contributed by atoms with van der Waals surface area (Å²) in [6, 6.07) is 12.7. The lowest BCUT2D eigenvalue weighted by atomic mass is 10.0. The molecule has 0 atom stereocenters. The second-order valence-corrected chi connectivity index (χ2v) is 6.61. The first-order valence-electron chi connectivity index (χ1n) is 8.92. The lowest BCUT2D eigenvalue weighted by Gasteiger charge is -2.13. The molecule has 3 aromatic rings. The Morgan fingerprint density at radius 3 is 2.33 bits per heavy atom. The summed E-state index contributed by atoms with van der Waals surface area (Å²) in [5.74, 6) is 0.937. The van der Waals surface area contributed by atoms with Crippen LogP contribution in [0.15, 0.2) is 60.3 Å². The van der Waals surface area contributed by atoms with Crippen molar-refractivity contribution in [2.24, 2.45) is 0 Å². The second-order valence-electron chi connectivity index (χ2n) is 6.20. The summed E-state index contributed by atoms with van der Waals surface area (Å²) in [6.07, 6.45) is 4.49. The Bertz CT molecular complexity index is 1180. The largest absolute Gasteiger partial charge is 0.493 e. The van der Waals surface area contributed by atoms with Crippen LogP contribution in [0.1, 0.15) is 15.9 Å². The number of allylic oxidation sites excluding steroid dienone is 3. The van der Waals surface area contributed by atoms with Gasteiger partial charge in [0.05, 0.1) is 21.3 Å². The fourth-order valence-corrected chi connectivity index (χ4v) is 3.21. The molecule has 0 spiro atoms. The zero-order valence-electron chi connectivity index (χ0n) is 16.7. The number of ether oxygens (including phenoxy) is 3. The van der Waals surface area contributed by atoms with Crippen molar-refractivity contribution in [1.82, 2.24) is 4.98 Å². The molecule has 1 heterocycles. The maximum Gasteiger partial charge on any atom is 0.205 e. The van der Waals surface area contributed by atoms with Crippen molar-refractivity contribution in [2.45, 2.75) is 0 Å². The summed E-state index contributed by atoms with van der Waals surface area (Å²) in [5.41, 5.74) is 1.80. The fraction of sp³-hybridized carbons (Fsp3) is 0.130. The third-order valence-corrected chi connectivity index (χ3v) is 4.88. The topological polar surface area (TPSA) is 84.3 Å². The van der Waals surface area contributed by atoms with Gasteiger partial charge in [-0.3, -0.25) is 4.79 Å². The molecule has 0 amide bonds. The first-order chi connectivity index (χ1) is 14.5. The number of hydrogen-bond acceptors (Lipinski definition) is 5. The Morgan fingerprint density at radius 1 is 1.07 bits per heavy atom. The highest BCUT2D eigenvalue weighted by Gasteiger charge is 2.17. The van der Waals surface area contributed by atoms with Crippen LogP contribution in [0, 0.1) is 11.3 Å². The van der Waals surface area contributed by atoms with Gasteiger partial charge < -0.3 is 19.2 Å². The van der Waals surface area contributed by atoms with Crippen molar-refractivity contribution in [1.29, 1.82) is 5.26 Å². The van der Waals surface area contributed by atoms with E-state index in [2.05, 4.69) is 4.98 Å². The molecular formula is C23H19ClN2O4. The minimum Gasteiger partial charge on any atom is -0.493 e. The number of benzene rings is 2. The summed E-state index contributed by atoms with van der Waals surface area (Å²) in [7, 11) is 4.52. The Balaban J connectivity index is 1.97. The third kappa shape index (κ3) is 4.02. The molecule has 0 aliphatic carbocycles. The number of Topliss-reactive ketones (excluding diaryl/α,β-unsaturated/α-hetero) is 1. The monoisotopic (exact) mass is 422 g/mol. The molecule has 0 unspecified atom stereocenters. The van der Waals surface area contributed by atoms with E-state index < -0.39 is 0 Å². The van der Waals surface area contributed by atoms with Crippen LogP contribution in [0.5, 0.6) is 17.2 Å². The highest BCUT2D eigenvalue weighted by Crippen LogP contribution is 2.40. The van der Waals surface area contributed by atoms with E-state index in [0.29, 0.717) is 33.4 Å². The number of rotatable bonds is 7. The van der Waals surface area contributed by atoms with Crippen LogP contribution in [0.3, 0.4) is 0 Å². The molecule has 7 heteroatoms. The van der Waals surface area contributed by atoms with Crippen LogP contribution in [-0.4, -0.2) is 32.1 Å². The molecule has 6 nitrogen and oxygen atoms in total. The van der Waals surface area contributed by atoms with Crippen molar-refractivity contribution in [3.05, 3.63) is 71.4 Å². The molecular weight excluding hydrogens is 404 g/mol. The predicted molar refractivity (Wildman–Crippen MR) is 116 cm³/mol. The maximum absolute atomic E-state index is 12.8. The molecule has 152 valence electrons. The van der Waals surface area contributed by atoms with Gasteiger partial charge in [-0.15, -0.1) is 0 Å². The number of carbonyl (C=O) groups is 1. The average Bonchev–Trinajstić information content (AvgIpc) is 3.22. The molecule has 3 rings (SSSR count). The molecule has 0 fully saturated rings. The molecule has 0 saturated heterocycles. The van der Waals surface area contributed by atoms with Crippen LogP contribution in [0.25, 0.3) is 15.9 Å². The van der Waals surface area contributed by atoms with Crippen molar-refractivity contribution in [2.75, 3.05) is 21.3 Å². The van der Waals surface area contributed by atoms with Gasteiger partial charge in [-0.1, -0.05) is 29.8 Å². The summed E-state index contributed by atoms with van der Waals surface area (Å²) in [5, 5.41) is 10.6. The van der Waals surface area contributed by atoms with Crippen molar-refractivity contribution in [3.63, 3.8) is 0 Å². The number of hydrogen-bond donors (Lipinski definition) is 1. The molecule has 0 aliphatic heterocycles. The number of fused-ring (bicyclic) bond motifs is 1. The number of aromatic nitrogens is 1. The smallest absolute Gasteiger partial charge is 0.205 e. The molecule has 2 aromatic carbocycles. The number of aromatic amines is 1. The van der Waals surface area contributed by atoms with Crippen molar-refractivity contribution in [3.8, 4) is 23.3 Å². The molecule has 1 N–H and O–H groups in total. The highest BCUT2D eigenvalue weighted by molar-refractivity contribution is 6.49. The van der Waals surface area contributed by atoms with E-state index in [9.17, 15) is 10.1 Å². The Morgan fingerprint density at radius 2 is 1.73 bits per heavy atom. The number of nitrogens with zero attached hydrogens (tertiary/aromatic N) is 1. The summed E-state index contributed by atoms with van der Waals surface area (Å²) < 4.78 is 16.0. The van der Waals surface area contributed by atoms with Gasteiger partial charge in [0.1, 0.15) is 11.6 Å². The zero-order chi connectivity index (χ0) is 21.7. The normalized spacial score (nSPS) is 11.8. The molecule has 30 heavy (non-hydrogen) atoms. The van der Waals surface area contributed by atoms with E-state index in [4.69, 9.17) is 25.8 Å². The first kappa shape index (κ1) is 21.0. The van der Waals surface area contributed by atoms with E-state index >= 15 is 0 Å². The Labute approximate surface area is 178 Å². The molecule has 0 bridgehead atoms. The number of para-hydroxylation sites is 1. The standard InChI is InChI=1S/C23H19ClN2O4/c1-28-20-10-15(11-21(29-2)23(20)30-3)18(24)9-8-14(12-25)22(27)17-13-26-19-7-5-4-6-16(17)19/h4-11,13,26H,1-3H3/b14-8+,18-9-. The number of H-pyrrole nitrogens is 1. The lowest BCUT2D eigenvalue weighted by Crippen LogP contribution is -2.00. The first-order valence-corrected chi connectivity index (χ1v) is 9.30. The van der Waals surface area contributed by atoms with Gasteiger partial charge in [-0.05, 0) is 30.4 Å². The van der Waals surface area contributed by atoms with Crippen LogP contribution >= 0.6 is 11.6 Å². The lowest BCUT2D eigenvalue weighted by molar-refractivity contribution is 0.104. The summed E-state index contributed by atoms with van der Waals surface area (Å²) in [6.45, 7) is 0. The number of methoxy groups -OCH3 is 3. The number of nitriles is 1. The van der Waals surface area contributed by atoms with Crippen LogP contribution in [-0.2, 0) is 0 Å². The van der Waals surface area contributed by atoms with E-state index in [1.165, 1.54) is 33.5 Å². The highest BCUT2D eigenvalue weighted by atomic mass is 35.5. The summed E-state index contributed by atoms with van der Waals surface area (Å²) in [4.78, 5) is 15.9.